The average Bonchev–Trinajstić information content (AvgIpc) is 3.23. The number of nitrogens with one attached hydrogen (secondary N) is 1. The van der Waals surface area contributed by atoms with Crippen molar-refractivity contribution in [3.63, 3.8) is 0 Å². The van der Waals surface area contributed by atoms with Crippen molar-refractivity contribution in [3.8, 4) is 0 Å². The predicted molar refractivity (Wildman–Crippen MR) is 71.3 cm³/mol. The van der Waals surface area contributed by atoms with Gasteiger partial charge in [-0.2, -0.15) is 0 Å². The summed E-state index contributed by atoms with van der Waals surface area (Å²) in [6.45, 7) is 3.37. The third kappa shape index (κ3) is 3.23. The van der Waals surface area contributed by atoms with Crippen LogP contribution in [-0.2, 0) is 4.79 Å². The lowest BCUT2D eigenvalue weighted by molar-refractivity contribution is -0.131. The van der Waals surface area contributed by atoms with E-state index in [0.717, 1.165) is 45.1 Å². The Morgan fingerprint density at radius 1 is 1.33 bits per heavy atom. The van der Waals surface area contributed by atoms with Crippen LogP contribution in [0.5, 0.6) is 0 Å². The van der Waals surface area contributed by atoms with Gasteiger partial charge in [-0.15, -0.1) is 0 Å². The molecule has 104 valence electrons. The monoisotopic (exact) mass is 254 g/mol. The fourth-order valence-electron chi connectivity index (χ4n) is 3.01. The minimum absolute atomic E-state index is 0.149. The third-order valence-electron chi connectivity index (χ3n) is 4.38. The molecule has 0 heterocycles. The lowest BCUT2D eigenvalue weighted by Gasteiger charge is -2.37. The molecule has 0 saturated heterocycles. The van der Waals surface area contributed by atoms with Gasteiger partial charge in [-0.1, -0.05) is 19.3 Å². The van der Waals surface area contributed by atoms with Gasteiger partial charge in [0.2, 0.25) is 5.91 Å². The number of amides is 1. The Balaban J connectivity index is 1.83. The Labute approximate surface area is 110 Å². The fourth-order valence-corrected chi connectivity index (χ4v) is 3.01. The fraction of sp³-hybridized carbons (Fsp3) is 0.929. The van der Waals surface area contributed by atoms with Crippen molar-refractivity contribution in [2.24, 2.45) is 0 Å². The first-order valence-corrected chi connectivity index (χ1v) is 7.36. The van der Waals surface area contributed by atoms with Crippen LogP contribution in [0, 0.1) is 0 Å². The quantitative estimate of drug-likeness (QED) is 0.751. The highest BCUT2D eigenvalue weighted by Crippen LogP contribution is 2.28. The van der Waals surface area contributed by atoms with E-state index in [1.54, 1.807) is 0 Å². The van der Waals surface area contributed by atoms with Gasteiger partial charge < -0.3 is 15.3 Å². The van der Waals surface area contributed by atoms with Crippen LogP contribution < -0.4 is 5.32 Å². The lowest BCUT2D eigenvalue weighted by Crippen LogP contribution is -2.53. The maximum absolute atomic E-state index is 12.1. The van der Waals surface area contributed by atoms with Gasteiger partial charge in [0.1, 0.15) is 0 Å². The summed E-state index contributed by atoms with van der Waals surface area (Å²) in [5, 5.41) is 12.9. The molecule has 0 radical (unpaired) electrons. The molecule has 0 unspecified atom stereocenters. The molecule has 0 aliphatic heterocycles. The van der Waals surface area contributed by atoms with Crippen molar-refractivity contribution in [2.45, 2.75) is 63.5 Å². The molecule has 0 aromatic carbocycles. The third-order valence-corrected chi connectivity index (χ3v) is 4.38. The van der Waals surface area contributed by atoms with E-state index in [1.165, 1.54) is 6.42 Å². The summed E-state index contributed by atoms with van der Waals surface area (Å²) < 4.78 is 0. The molecule has 2 aliphatic carbocycles. The molecule has 4 heteroatoms. The van der Waals surface area contributed by atoms with Gasteiger partial charge in [-0.3, -0.25) is 4.79 Å². The molecule has 2 saturated carbocycles. The minimum atomic E-state index is -0.198. The number of aliphatic hydroxyl groups is 1. The molecule has 0 aromatic rings. The van der Waals surface area contributed by atoms with Crippen molar-refractivity contribution in [3.05, 3.63) is 0 Å². The van der Waals surface area contributed by atoms with Crippen molar-refractivity contribution in [2.75, 3.05) is 19.7 Å². The first-order chi connectivity index (χ1) is 8.71. The predicted octanol–water partition coefficient (Wildman–Crippen LogP) is 1.28. The zero-order valence-corrected chi connectivity index (χ0v) is 11.5. The summed E-state index contributed by atoms with van der Waals surface area (Å²) in [7, 11) is 0. The molecule has 0 atom stereocenters. The van der Waals surface area contributed by atoms with E-state index in [-0.39, 0.29) is 18.1 Å². The van der Waals surface area contributed by atoms with Gasteiger partial charge in [-0.25, -0.2) is 0 Å². The topological polar surface area (TPSA) is 52.6 Å². The number of hydrogen-bond donors (Lipinski definition) is 2. The van der Waals surface area contributed by atoms with Crippen molar-refractivity contribution in [1.29, 1.82) is 0 Å². The standard InChI is InChI=1S/C14H26N2O2/c1-2-16(12-6-7-12)13(18)10-15-14(11-17)8-4-3-5-9-14/h12,15,17H,2-11H2,1H3. The van der Waals surface area contributed by atoms with Crippen LogP contribution in [0.1, 0.15) is 51.9 Å². The maximum atomic E-state index is 12.1. The molecule has 2 fully saturated rings. The van der Waals surface area contributed by atoms with Crippen molar-refractivity contribution < 1.29 is 9.90 Å². The molecular weight excluding hydrogens is 228 g/mol. The van der Waals surface area contributed by atoms with Crippen molar-refractivity contribution in [1.82, 2.24) is 10.2 Å². The molecule has 0 bridgehead atoms. The first kappa shape index (κ1) is 13.8. The second-order valence-corrected chi connectivity index (χ2v) is 5.76. The zero-order valence-electron chi connectivity index (χ0n) is 11.5. The van der Waals surface area contributed by atoms with E-state index in [1.807, 2.05) is 11.8 Å². The van der Waals surface area contributed by atoms with Crippen LogP contribution in [0.25, 0.3) is 0 Å². The number of rotatable bonds is 6. The van der Waals surface area contributed by atoms with Crippen molar-refractivity contribution >= 4 is 5.91 Å². The molecule has 2 rings (SSSR count). The Hall–Kier alpha value is -0.610. The summed E-state index contributed by atoms with van der Waals surface area (Å²) in [6, 6.07) is 0.487. The SMILES string of the molecule is CCN(C(=O)CNC1(CO)CCCCC1)C1CC1. The largest absolute Gasteiger partial charge is 0.394 e. The van der Waals surface area contributed by atoms with Gasteiger partial charge >= 0.3 is 0 Å². The van der Waals surface area contributed by atoms with E-state index in [4.69, 9.17) is 0 Å². The van der Waals surface area contributed by atoms with Gasteiger partial charge in [0, 0.05) is 18.1 Å². The number of likely N-dealkylation sites (N-methyl/N-ethyl adjacent to an activating group) is 1. The van der Waals surface area contributed by atoms with Gasteiger partial charge in [0.05, 0.1) is 13.2 Å². The van der Waals surface area contributed by atoms with E-state index in [0.29, 0.717) is 12.6 Å². The van der Waals surface area contributed by atoms with E-state index in [2.05, 4.69) is 5.32 Å². The van der Waals surface area contributed by atoms with Gasteiger partial charge in [-0.05, 0) is 32.6 Å². The van der Waals surface area contributed by atoms with Crippen LogP contribution in [-0.4, -0.2) is 47.2 Å². The van der Waals surface area contributed by atoms with Crippen LogP contribution in [0.3, 0.4) is 0 Å². The lowest BCUT2D eigenvalue weighted by atomic mass is 9.82. The summed E-state index contributed by atoms with van der Waals surface area (Å²) in [5.74, 6) is 0.193. The number of carbonyl (C=O) groups excluding carboxylic acids is 1. The summed E-state index contributed by atoms with van der Waals surface area (Å²) in [5.41, 5.74) is -0.198. The molecule has 2 aliphatic rings. The highest BCUT2D eigenvalue weighted by Gasteiger charge is 2.34. The number of hydrogen-bond acceptors (Lipinski definition) is 3. The number of carbonyl (C=O) groups is 1. The summed E-state index contributed by atoms with van der Waals surface area (Å²) in [4.78, 5) is 14.1. The Morgan fingerprint density at radius 3 is 2.50 bits per heavy atom. The van der Waals surface area contributed by atoms with Crippen LogP contribution >= 0.6 is 0 Å². The second kappa shape index (κ2) is 6.02. The second-order valence-electron chi connectivity index (χ2n) is 5.76. The molecule has 0 aromatic heterocycles. The Morgan fingerprint density at radius 2 is 2.00 bits per heavy atom. The van der Waals surface area contributed by atoms with Gasteiger partial charge in [0.25, 0.3) is 0 Å². The Bertz CT molecular complexity index is 284. The zero-order chi connectivity index (χ0) is 13.0. The van der Waals surface area contributed by atoms with Crippen LogP contribution in [0.4, 0.5) is 0 Å². The van der Waals surface area contributed by atoms with E-state index < -0.39 is 0 Å². The molecule has 4 nitrogen and oxygen atoms in total. The molecule has 18 heavy (non-hydrogen) atoms. The highest BCUT2D eigenvalue weighted by molar-refractivity contribution is 5.79. The normalized spacial score (nSPS) is 22.8. The smallest absolute Gasteiger partial charge is 0.236 e. The molecule has 1 amide bonds. The van der Waals surface area contributed by atoms with E-state index >= 15 is 0 Å². The molecule has 2 N–H and O–H groups in total. The number of nitrogens with zero attached hydrogens (tertiary/aromatic N) is 1. The van der Waals surface area contributed by atoms with Crippen LogP contribution in [0.15, 0.2) is 0 Å². The van der Waals surface area contributed by atoms with E-state index in [9.17, 15) is 9.90 Å². The number of aliphatic hydroxyl groups excluding tert-OH is 1. The molecular formula is C14H26N2O2. The van der Waals surface area contributed by atoms with Gasteiger partial charge in [0.15, 0.2) is 0 Å². The molecule has 0 spiro atoms. The first-order valence-electron chi connectivity index (χ1n) is 7.36. The average molecular weight is 254 g/mol. The van der Waals surface area contributed by atoms with Crippen LogP contribution in [0.2, 0.25) is 0 Å². The summed E-state index contributed by atoms with van der Waals surface area (Å²) >= 11 is 0. The summed E-state index contributed by atoms with van der Waals surface area (Å²) in [6.07, 6.45) is 7.86. The maximum Gasteiger partial charge on any atom is 0.236 e. The minimum Gasteiger partial charge on any atom is -0.394 e. The highest BCUT2D eigenvalue weighted by atomic mass is 16.3. The Kier molecular flexibility index (Phi) is 4.62.